The van der Waals surface area contributed by atoms with Crippen molar-refractivity contribution in [3.8, 4) is 0 Å². The topological polar surface area (TPSA) is 117 Å². The molecule has 1 saturated heterocycles. The lowest BCUT2D eigenvalue weighted by Crippen LogP contribution is -2.53. The van der Waals surface area contributed by atoms with Crippen molar-refractivity contribution >= 4 is 41.9 Å². The molecule has 0 spiro atoms. The first-order valence-electron chi connectivity index (χ1n) is 11.5. The zero-order chi connectivity index (χ0) is 23.1. The Hall–Kier alpha value is -2.12. The second-order valence-electron chi connectivity index (χ2n) is 8.42. The van der Waals surface area contributed by atoms with E-state index in [0.29, 0.717) is 32.2 Å². The highest BCUT2D eigenvalue weighted by molar-refractivity contribution is 14.0. The summed E-state index contributed by atoms with van der Waals surface area (Å²) in [5.41, 5.74) is 0. The number of nitrogens with zero attached hydrogens (tertiary/aromatic N) is 6. The zero-order valence-electron chi connectivity index (χ0n) is 20.0. The molecule has 0 aromatic carbocycles. The summed E-state index contributed by atoms with van der Waals surface area (Å²) in [7, 11) is 3.45. The number of aryl methyl sites for hydroxylation is 2. The van der Waals surface area contributed by atoms with Gasteiger partial charge in [-0.15, -0.1) is 24.0 Å². The molecule has 1 aromatic heterocycles. The number of likely N-dealkylation sites (N-methyl/N-ethyl adjacent to an activating group) is 1. The highest BCUT2D eigenvalue weighted by atomic mass is 127. The van der Waals surface area contributed by atoms with E-state index in [9.17, 15) is 9.59 Å². The summed E-state index contributed by atoms with van der Waals surface area (Å²) in [5.74, 6) is 2.47. The monoisotopic (exact) mass is 576 g/mol. The first kappa shape index (κ1) is 27.1. The number of aromatic nitrogens is 3. The molecule has 11 nitrogen and oxygen atoms in total. The van der Waals surface area contributed by atoms with Gasteiger partial charge in [-0.2, -0.15) is 5.10 Å². The van der Waals surface area contributed by atoms with E-state index in [-0.39, 0.29) is 54.6 Å². The fraction of sp³-hybridized carbons (Fsp3) is 0.762. The molecule has 2 aliphatic rings. The molecule has 0 radical (unpaired) electrons. The molecule has 12 heteroatoms. The maximum absolute atomic E-state index is 12.1. The van der Waals surface area contributed by atoms with Crippen LogP contribution in [0.25, 0.3) is 0 Å². The number of amides is 2. The Morgan fingerprint density at radius 2 is 1.85 bits per heavy atom. The van der Waals surface area contributed by atoms with Crippen molar-refractivity contribution in [1.29, 1.82) is 0 Å². The molecule has 2 amide bonds. The molecule has 1 atom stereocenters. The Morgan fingerprint density at radius 1 is 1.15 bits per heavy atom. The lowest BCUT2D eigenvalue weighted by atomic mass is 10.1. The Labute approximate surface area is 212 Å². The van der Waals surface area contributed by atoms with Crippen LogP contribution in [0.3, 0.4) is 0 Å². The third-order valence-electron chi connectivity index (χ3n) is 5.79. The average Bonchev–Trinajstić information content (AvgIpc) is 3.20. The fourth-order valence-corrected chi connectivity index (χ4v) is 3.86. The van der Waals surface area contributed by atoms with Crippen molar-refractivity contribution in [2.45, 2.75) is 64.6 Å². The lowest BCUT2D eigenvalue weighted by Gasteiger charge is -2.33. The van der Waals surface area contributed by atoms with E-state index in [2.05, 4.69) is 32.6 Å². The van der Waals surface area contributed by atoms with Gasteiger partial charge >= 0.3 is 6.09 Å². The standard InChI is InChI=1S/C21H36N8O3.HI/c1-5-17-25-18-8-7-16(14-29(18)26-17)24-20(22-13-19(30)27(3)4)23-15-9-11-28(12-10-15)21(31)32-6-2;/h15-16H,5-14H2,1-4H3,(H2,22,23,24);1H. The number of fused-ring (bicyclic) bond motifs is 1. The minimum atomic E-state index is -0.258. The van der Waals surface area contributed by atoms with Gasteiger partial charge in [0.05, 0.1) is 13.2 Å². The number of likely N-dealkylation sites (tertiary alicyclic amines) is 1. The van der Waals surface area contributed by atoms with E-state index in [4.69, 9.17) is 4.74 Å². The van der Waals surface area contributed by atoms with E-state index in [1.807, 2.05) is 11.6 Å². The number of guanidine groups is 1. The van der Waals surface area contributed by atoms with Gasteiger partial charge in [0.1, 0.15) is 12.4 Å². The van der Waals surface area contributed by atoms with Crippen LogP contribution in [-0.4, -0.2) is 94.9 Å². The van der Waals surface area contributed by atoms with Gasteiger partial charge in [-0.3, -0.25) is 4.79 Å². The van der Waals surface area contributed by atoms with Crippen LogP contribution < -0.4 is 10.6 Å². The molecule has 1 unspecified atom stereocenters. The Morgan fingerprint density at radius 3 is 2.48 bits per heavy atom. The van der Waals surface area contributed by atoms with E-state index < -0.39 is 0 Å². The van der Waals surface area contributed by atoms with Crippen molar-refractivity contribution in [1.82, 2.24) is 35.2 Å². The second kappa shape index (κ2) is 12.9. The molecule has 3 rings (SSSR count). The highest BCUT2D eigenvalue weighted by Gasteiger charge is 2.26. The first-order chi connectivity index (χ1) is 15.4. The number of halogens is 1. The van der Waals surface area contributed by atoms with Gasteiger partial charge in [0, 0.05) is 52.1 Å². The molecule has 0 bridgehead atoms. The maximum Gasteiger partial charge on any atom is 0.409 e. The van der Waals surface area contributed by atoms with Crippen molar-refractivity contribution in [2.24, 2.45) is 4.99 Å². The van der Waals surface area contributed by atoms with Gasteiger partial charge in [0.15, 0.2) is 11.8 Å². The normalized spacial score (nSPS) is 18.7. The number of aliphatic imine (C=N–C) groups is 1. The first-order valence-corrected chi connectivity index (χ1v) is 11.5. The van der Waals surface area contributed by atoms with E-state index in [0.717, 1.165) is 43.8 Å². The molecule has 1 aromatic rings. The van der Waals surface area contributed by atoms with E-state index >= 15 is 0 Å². The molecular formula is C21H37IN8O3. The average molecular weight is 576 g/mol. The predicted molar refractivity (Wildman–Crippen MR) is 136 cm³/mol. The number of ether oxygens (including phenoxy) is 1. The van der Waals surface area contributed by atoms with Crippen molar-refractivity contribution < 1.29 is 14.3 Å². The smallest absolute Gasteiger partial charge is 0.409 e. The Kier molecular flexibility index (Phi) is 10.6. The molecule has 0 aliphatic carbocycles. The summed E-state index contributed by atoms with van der Waals surface area (Å²) in [4.78, 5) is 36.4. The van der Waals surface area contributed by atoms with Crippen LogP contribution in [0.15, 0.2) is 4.99 Å². The molecule has 0 saturated carbocycles. The van der Waals surface area contributed by atoms with Gasteiger partial charge in [-0.05, 0) is 26.2 Å². The Balaban J connectivity index is 0.00000385. The summed E-state index contributed by atoms with van der Waals surface area (Å²) in [5, 5.41) is 11.5. The molecular weight excluding hydrogens is 539 g/mol. The number of carbonyl (C=O) groups excluding carboxylic acids is 2. The van der Waals surface area contributed by atoms with Crippen LogP contribution in [0.5, 0.6) is 0 Å². The summed E-state index contributed by atoms with van der Waals surface area (Å²) < 4.78 is 7.07. The van der Waals surface area contributed by atoms with Crippen LogP contribution in [0.2, 0.25) is 0 Å². The lowest BCUT2D eigenvalue weighted by molar-refractivity contribution is -0.127. The molecule has 2 aliphatic heterocycles. The summed E-state index contributed by atoms with van der Waals surface area (Å²) >= 11 is 0. The molecule has 1 fully saturated rings. The highest BCUT2D eigenvalue weighted by Crippen LogP contribution is 2.14. The largest absolute Gasteiger partial charge is 0.450 e. The van der Waals surface area contributed by atoms with Crippen LogP contribution in [-0.2, 0) is 28.9 Å². The second-order valence-corrected chi connectivity index (χ2v) is 8.42. The summed E-state index contributed by atoms with van der Waals surface area (Å²) in [6, 6.07) is 0.313. The molecule has 33 heavy (non-hydrogen) atoms. The van der Waals surface area contributed by atoms with Crippen LogP contribution in [0.4, 0.5) is 4.79 Å². The summed E-state index contributed by atoms with van der Waals surface area (Å²) in [6.45, 7) is 6.30. The number of carbonyl (C=O) groups is 2. The van der Waals surface area contributed by atoms with Gasteiger partial charge in [-0.1, -0.05) is 6.92 Å². The minimum absolute atomic E-state index is 0. The SMILES string of the molecule is CCOC(=O)N1CCC(NC(=NCC(=O)N(C)C)NC2CCc3nc(CC)nn3C2)CC1.I. The van der Waals surface area contributed by atoms with Crippen molar-refractivity contribution in [2.75, 3.05) is 40.3 Å². The van der Waals surface area contributed by atoms with Gasteiger partial charge < -0.3 is 25.2 Å². The quantitative estimate of drug-likeness (QED) is 0.295. The molecule has 186 valence electrons. The van der Waals surface area contributed by atoms with Gasteiger partial charge in [-0.25, -0.2) is 19.5 Å². The van der Waals surface area contributed by atoms with Gasteiger partial charge in [0.25, 0.3) is 0 Å². The van der Waals surface area contributed by atoms with Crippen molar-refractivity contribution in [3.63, 3.8) is 0 Å². The molecule has 3 heterocycles. The third-order valence-corrected chi connectivity index (χ3v) is 5.79. The Bertz CT molecular complexity index is 820. The van der Waals surface area contributed by atoms with Gasteiger partial charge in [0.2, 0.25) is 5.91 Å². The van der Waals surface area contributed by atoms with E-state index in [1.54, 1.807) is 19.0 Å². The minimum Gasteiger partial charge on any atom is -0.450 e. The fourth-order valence-electron chi connectivity index (χ4n) is 3.86. The zero-order valence-corrected chi connectivity index (χ0v) is 22.4. The number of piperidine rings is 1. The number of rotatable bonds is 6. The van der Waals surface area contributed by atoms with Crippen molar-refractivity contribution in [3.05, 3.63) is 11.6 Å². The summed E-state index contributed by atoms with van der Waals surface area (Å²) in [6.07, 6.45) is 3.92. The van der Waals surface area contributed by atoms with Crippen LogP contribution >= 0.6 is 24.0 Å². The third kappa shape index (κ3) is 7.71. The predicted octanol–water partition coefficient (Wildman–Crippen LogP) is 1.02. The molecule has 2 N–H and O–H groups in total. The van der Waals surface area contributed by atoms with E-state index in [1.165, 1.54) is 4.90 Å². The number of hydrogen-bond acceptors (Lipinski definition) is 6. The van der Waals surface area contributed by atoms with Crippen LogP contribution in [0.1, 0.15) is 44.8 Å². The number of hydrogen-bond donors (Lipinski definition) is 2. The van der Waals surface area contributed by atoms with Crippen LogP contribution in [0, 0.1) is 0 Å². The maximum atomic E-state index is 12.1. The number of nitrogens with one attached hydrogen (secondary N) is 2.